The number of nitrogens with one attached hydrogen (secondary N) is 1. The Kier molecular flexibility index (Phi) is 7.57. The van der Waals surface area contributed by atoms with Crippen LogP contribution >= 0.6 is 0 Å². The van der Waals surface area contributed by atoms with Gasteiger partial charge in [-0.05, 0) is 50.0 Å². The minimum Gasteiger partial charge on any atom is -0.355 e. The standard InChI is InChI=1S/C23H30FN3O/c1-19-7-2-3-8-20(19)11-12-25-23(28)18-27-14-6-13-26(15-16-27)17-21-9-4-5-10-22(21)24/h2-5,7-10H,6,11-18H2,1H3,(H,25,28). The van der Waals surface area contributed by atoms with E-state index in [4.69, 9.17) is 0 Å². The van der Waals surface area contributed by atoms with Crippen molar-refractivity contribution in [2.75, 3.05) is 39.3 Å². The first kappa shape index (κ1) is 20.5. The highest BCUT2D eigenvalue weighted by molar-refractivity contribution is 5.78. The highest BCUT2D eigenvalue weighted by atomic mass is 19.1. The lowest BCUT2D eigenvalue weighted by Crippen LogP contribution is -2.39. The first-order valence-electron chi connectivity index (χ1n) is 10.1. The molecule has 0 aromatic heterocycles. The Hall–Kier alpha value is -2.24. The number of hydrogen-bond donors (Lipinski definition) is 1. The third kappa shape index (κ3) is 6.14. The van der Waals surface area contributed by atoms with E-state index in [0.717, 1.165) is 44.6 Å². The molecular weight excluding hydrogens is 353 g/mol. The van der Waals surface area contributed by atoms with E-state index in [1.54, 1.807) is 6.07 Å². The molecule has 1 amide bonds. The number of halogens is 1. The molecule has 5 heteroatoms. The summed E-state index contributed by atoms with van der Waals surface area (Å²) in [7, 11) is 0. The van der Waals surface area contributed by atoms with E-state index in [1.165, 1.54) is 17.2 Å². The Morgan fingerprint density at radius 3 is 2.43 bits per heavy atom. The summed E-state index contributed by atoms with van der Waals surface area (Å²) < 4.78 is 13.9. The lowest BCUT2D eigenvalue weighted by Gasteiger charge is -2.21. The average molecular weight is 384 g/mol. The van der Waals surface area contributed by atoms with Gasteiger partial charge < -0.3 is 5.32 Å². The van der Waals surface area contributed by atoms with Crippen molar-refractivity contribution in [2.24, 2.45) is 0 Å². The lowest BCUT2D eigenvalue weighted by molar-refractivity contribution is -0.122. The molecule has 150 valence electrons. The van der Waals surface area contributed by atoms with Crippen LogP contribution in [-0.2, 0) is 17.8 Å². The Labute approximate surface area is 167 Å². The zero-order valence-electron chi connectivity index (χ0n) is 16.7. The van der Waals surface area contributed by atoms with Crippen LogP contribution < -0.4 is 5.32 Å². The number of aryl methyl sites for hydroxylation is 1. The predicted molar refractivity (Wildman–Crippen MR) is 111 cm³/mol. The molecule has 0 spiro atoms. The van der Waals surface area contributed by atoms with Gasteiger partial charge in [0, 0.05) is 31.7 Å². The molecule has 0 radical (unpaired) electrons. The molecule has 0 bridgehead atoms. The van der Waals surface area contributed by atoms with E-state index >= 15 is 0 Å². The molecule has 1 heterocycles. The number of carbonyl (C=O) groups excluding carboxylic acids is 1. The summed E-state index contributed by atoms with van der Waals surface area (Å²) in [6.45, 7) is 7.34. The zero-order valence-corrected chi connectivity index (χ0v) is 16.7. The van der Waals surface area contributed by atoms with E-state index in [0.29, 0.717) is 19.6 Å². The van der Waals surface area contributed by atoms with Crippen LogP contribution in [0.3, 0.4) is 0 Å². The summed E-state index contributed by atoms with van der Waals surface area (Å²) >= 11 is 0. The third-order valence-electron chi connectivity index (χ3n) is 5.38. The normalized spacial score (nSPS) is 15.9. The smallest absolute Gasteiger partial charge is 0.234 e. The van der Waals surface area contributed by atoms with E-state index in [2.05, 4.69) is 34.2 Å². The van der Waals surface area contributed by atoms with Gasteiger partial charge in [-0.25, -0.2) is 4.39 Å². The largest absolute Gasteiger partial charge is 0.355 e. The number of carbonyl (C=O) groups is 1. The van der Waals surface area contributed by atoms with Gasteiger partial charge >= 0.3 is 0 Å². The van der Waals surface area contributed by atoms with Gasteiger partial charge in [-0.15, -0.1) is 0 Å². The van der Waals surface area contributed by atoms with Gasteiger partial charge in [-0.2, -0.15) is 0 Å². The van der Waals surface area contributed by atoms with Crippen molar-refractivity contribution in [3.05, 3.63) is 71.0 Å². The van der Waals surface area contributed by atoms with Gasteiger partial charge in [0.2, 0.25) is 5.91 Å². The number of amides is 1. The molecule has 3 rings (SSSR count). The van der Waals surface area contributed by atoms with Gasteiger partial charge in [-0.3, -0.25) is 14.6 Å². The number of hydrogen-bond acceptors (Lipinski definition) is 3. The van der Waals surface area contributed by atoms with Crippen molar-refractivity contribution in [3.8, 4) is 0 Å². The fourth-order valence-corrected chi connectivity index (χ4v) is 3.69. The molecule has 0 aliphatic carbocycles. The molecular formula is C23H30FN3O. The summed E-state index contributed by atoms with van der Waals surface area (Å²) in [6, 6.07) is 15.2. The summed E-state index contributed by atoms with van der Waals surface area (Å²) in [5.74, 6) is -0.0622. The fourth-order valence-electron chi connectivity index (χ4n) is 3.69. The van der Waals surface area contributed by atoms with E-state index in [9.17, 15) is 9.18 Å². The third-order valence-corrected chi connectivity index (χ3v) is 5.38. The minimum absolute atomic E-state index is 0.0798. The van der Waals surface area contributed by atoms with Gasteiger partial charge in [0.15, 0.2) is 0 Å². The van der Waals surface area contributed by atoms with Crippen molar-refractivity contribution in [2.45, 2.75) is 26.3 Å². The van der Waals surface area contributed by atoms with E-state index in [-0.39, 0.29) is 11.7 Å². The molecule has 2 aromatic carbocycles. The maximum atomic E-state index is 13.9. The average Bonchev–Trinajstić information content (AvgIpc) is 2.90. The molecule has 4 nitrogen and oxygen atoms in total. The Bertz CT molecular complexity index is 780. The van der Waals surface area contributed by atoms with Crippen LogP contribution in [0.15, 0.2) is 48.5 Å². The van der Waals surface area contributed by atoms with Crippen molar-refractivity contribution < 1.29 is 9.18 Å². The Balaban J connectivity index is 1.40. The van der Waals surface area contributed by atoms with Crippen LogP contribution in [0.25, 0.3) is 0 Å². The maximum Gasteiger partial charge on any atom is 0.234 e. The molecule has 2 aromatic rings. The molecule has 0 saturated carbocycles. The van der Waals surface area contributed by atoms with Crippen LogP contribution in [-0.4, -0.2) is 55.0 Å². The first-order valence-corrected chi connectivity index (χ1v) is 10.1. The summed E-state index contributed by atoms with van der Waals surface area (Å²) in [6.07, 6.45) is 1.85. The lowest BCUT2D eigenvalue weighted by atomic mass is 10.1. The van der Waals surface area contributed by atoms with Crippen molar-refractivity contribution in [1.82, 2.24) is 15.1 Å². The topological polar surface area (TPSA) is 35.6 Å². The van der Waals surface area contributed by atoms with Gasteiger partial charge in [0.1, 0.15) is 5.82 Å². The number of rotatable bonds is 7. The maximum absolute atomic E-state index is 13.9. The second-order valence-electron chi connectivity index (χ2n) is 7.52. The minimum atomic E-state index is -0.142. The molecule has 1 N–H and O–H groups in total. The van der Waals surface area contributed by atoms with Gasteiger partial charge in [0.05, 0.1) is 6.54 Å². The van der Waals surface area contributed by atoms with E-state index < -0.39 is 0 Å². The Morgan fingerprint density at radius 2 is 1.64 bits per heavy atom. The van der Waals surface area contributed by atoms with Crippen LogP contribution in [0.5, 0.6) is 0 Å². The van der Waals surface area contributed by atoms with E-state index in [1.807, 2.05) is 24.3 Å². The van der Waals surface area contributed by atoms with Gasteiger partial charge in [-0.1, -0.05) is 42.5 Å². The SMILES string of the molecule is Cc1ccccc1CCNC(=O)CN1CCCN(Cc2ccccc2F)CC1. The zero-order chi connectivity index (χ0) is 19.8. The molecule has 1 aliphatic heterocycles. The first-order chi connectivity index (χ1) is 13.6. The summed E-state index contributed by atoms with van der Waals surface area (Å²) in [4.78, 5) is 16.8. The molecule has 1 fully saturated rings. The van der Waals surface area contributed by atoms with Crippen molar-refractivity contribution in [3.63, 3.8) is 0 Å². The monoisotopic (exact) mass is 383 g/mol. The van der Waals surface area contributed by atoms with Crippen LogP contribution in [0, 0.1) is 12.7 Å². The fraction of sp³-hybridized carbons (Fsp3) is 0.435. The molecule has 28 heavy (non-hydrogen) atoms. The molecule has 0 atom stereocenters. The predicted octanol–water partition coefficient (Wildman–Crippen LogP) is 3.00. The quantitative estimate of drug-likeness (QED) is 0.798. The van der Waals surface area contributed by atoms with Crippen molar-refractivity contribution >= 4 is 5.91 Å². The van der Waals surface area contributed by atoms with Crippen molar-refractivity contribution in [1.29, 1.82) is 0 Å². The second-order valence-corrected chi connectivity index (χ2v) is 7.52. The van der Waals surface area contributed by atoms with Gasteiger partial charge in [0.25, 0.3) is 0 Å². The molecule has 1 aliphatic rings. The second kappa shape index (κ2) is 10.3. The highest BCUT2D eigenvalue weighted by Gasteiger charge is 2.18. The van der Waals surface area contributed by atoms with Crippen LogP contribution in [0.4, 0.5) is 4.39 Å². The molecule has 0 unspecified atom stereocenters. The number of nitrogens with zero attached hydrogens (tertiary/aromatic N) is 2. The number of benzene rings is 2. The highest BCUT2D eigenvalue weighted by Crippen LogP contribution is 2.12. The molecule has 1 saturated heterocycles. The van der Waals surface area contributed by atoms with Crippen LogP contribution in [0.2, 0.25) is 0 Å². The van der Waals surface area contributed by atoms with Crippen LogP contribution in [0.1, 0.15) is 23.1 Å². The summed E-state index contributed by atoms with van der Waals surface area (Å²) in [5.41, 5.74) is 3.28. The Morgan fingerprint density at radius 1 is 0.964 bits per heavy atom. The summed E-state index contributed by atoms with van der Waals surface area (Å²) in [5, 5.41) is 3.04.